The molecule has 6 nitrogen and oxygen atoms in total. The van der Waals surface area contributed by atoms with Crippen molar-refractivity contribution >= 4 is 5.91 Å². The topological polar surface area (TPSA) is 93.9 Å². The lowest BCUT2D eigenvalue weighted by Crippen LogP contribution is -2.13. The zero-order valence-electron chi connectivity index (χ0n) is 12.6. The zero-order valence-corrected chi connectivity index (χ0v) is 12.6. The fraction of sp³-hybridized carbons (Fsp3) is 0.0625. The number of H-pyrrole nitrogens is 1. The highest BCUT2D eigenvalue weighted by molar-refractivity contribution is 5.97. The first-order valence-corrected chi connectivity index (χ1v) is 7.03. The van der Waals surface area contributed by atoms with Crippen LogP contribution in [0.5, 0.6) is 5.75 Å². The van der Waals surface area contributed by atoms with Crippen LogP contribution in [0.2, 0.25) is 0 Å². The molecule has 0 aliphatic heterocycles. The Balaban J connectivity index is 1.90. The van der Waals surface area contributed by atoms with Gasteiger partial charge in [0.25, 0.3) is 5.91 Å². The first kappa shape index (κ1) is 16.5. The van der Waals surface area contributed by atoms with Gasteiger partial charge >= 0.3 is 0 Å². The third kappa shape index (κ3) is 3.30. The Morgan fingerprint density at radius 2 is 1.80 bits per heavy atom. The summed E-state index contributed by atoms with van der Waals surface area (Å²) in [5, 5.41) is 9.91. The highest BCUT2D eigenvalue weighted by Crippen LogP contribution is 2.26. The Labute approximate surface area is 139 Å². The number of ether oxygens (including phenoxy) is 1. The summed E-state index contributed by atoms with van der Waals surface area (Å²) in [6, 6.07) is 8.23. The molecule has 0 radical (unpaired) electrons. The van der Waals surface area contributed by atoms with E-state index < -0.39 is 23.4 Å². The van der Waals surface area contributed by atoms with E-state index in [0.717, 1.165) is 12.1 Å². The molecule has 3 N–H and O–H groups in total. The molecule has 0 atom stereocenters. The number of aromatic nitrogens is 3. The lowest BCUT2D eigenvalue weighted by molar-refractivity contribution is 0.0996. The number of benzene rings is 2. The number of hydrogen-bond donors (Lipinski definition) is 2. The first-order valence-electron chi connectivity index (χ1n) is 7.03. The maximum atomic E-state index is 13.2. The quantitative estimate of drug-likeness (QED) is 0.693. The molecule has 2 aromatic carbocycles. The van der Waals surface area contributed by atoms with Gasteiger partial charge in [-0.2, -0.15) is 15.4 Å². The van der Waals surface area contributed by atoms with Gasteiger partial charge in [-0.3, -0.25) is 4.79 Å². The van der Waals surface area contributed by atoms with Gasteiger partial charge in [0.05, 0.1) is 0 Å². The molecule has 0 saturated heterocycles. The van der Waals surface area contributed by atoms with Crippen molar-refractivity contribution in [2.75, 3.05) is 0 Å². The van der Waals surface area contributed by atoms with Crippen molar-refractivity contribution in [2.24, 2.45) is 5.73 Å². The van der Waals surface area contributed by atoms with E-state index in [0.29, 0.717) is 11.1 Å². The SMILES string of the molecule is NC(=O)c1n[nH]nc1-c1ccccc1COc1cc(F)c(F)c(F)c1. The Bertz CT molecular complexity index is 920. The number of rotatable bonds is 5. The van der Waals surface area contributed by atoms with Crippen LogP contribution in [0, 0.1) is 17.5 Å². The van der Waals surface area contributed by atoms with Gasteiger partial charge in [-0.1, -0.05) is 24.3 Å². The van der Waals surface area contributed by atoms with E-state index in [1.165, 1.54) is 0 Å². The Morgan fingerprint density at radius 3 is 2.48 bits per heavy atom. The van der Waals surface area contributed by atoms with Crippen LogP contribution in [0.15, 0.2) is 36.4 Å². The standard InChI is InChI=1S/C16H11F3N4O2/c17-11-5-9(6-12(18)13(11)19)25-7-8-3-1-2-4-10(8)14-15(16(20)24)22-23-21-14/h1-6H,7H2,(H2,20,24)(H,21,22,23). The summed E-state index contributed by atoms with van der Waals surface area (Å²) >= 11 is 0. The smallest absolute Gasteiger partial charge is 0.271 e. The summed E-state index contributed by atoms with van der Waals surface area (Å²) < 4.78 is 44.8. The van der Waals surface area contributed by atoms with Gasteiger partial charge < -0.3 is 10.5 Å². The number of halogens is 3. The number of amides is 1. The fourth-order valence-corrected chi connectivity index (χ4v) is 2.24. The van der Waals surface area contributed by atoms with E-state index in [9.17, 15) is 18.0 Å². The van der Waals surface area contributed by atoms with Crippen molar-refractivity contribution in [3.63, 3.8) is 0 Å². The Kier molecular flexibility index (Phi) is 4.38. The summed E-state index contributed by atoms with van der Waals surface area (Å²) in [6.07, 6.45) is 0. The average molecular weight is 348 g/mol. The van der Waals surface area contributed by atoms with Crippen LogP contribution >= 0.6 is 0 Å². The van der Waals surface area contributed by atoms with Gasteiger partial charge in [0.1, 0.15) is 18.1 Å². The lowest BCUT2D eigenvalue weighted by atomic mass is 10.0. The minimum absolute atomic E-state index is 0.0497. The molecule has 3 rings (SSSR count). The fourth-order valence-electron chi connectivity index (χ4n) is 2.24. The van der Waals surface area contributed by atoms with Crippen LogP contribution in [-0.4, -0.2) is 21.3 Å². The largest absolute Gasteiger partial charge is 0.489 e. The molecule has 1 amide bonds. The van der Waals surface area contributed by atoms with Crippen LogP contribution in [0.4, 0.5) is 13.2 Å². The summed E-state index contributed by atoms with van der Waals surface area (Å²) in [5.74, 6) is -5.21. The van der Waals surface area contributed by atoms with E-state index in [4.69, 9.17) is 10.5 Å². The second kappa shape index (κ2) is 6.63. The molecule has 0 unspecified atom stereocenters. The summed E-state index contributed by atoms with van der Waals surface area (Å²) in [7, 11) is 0. The van der Waals surface area contributed by atoms with Crippen LogP contribution in [-0.2, 0) is 6.61 Å². The maximum Gasteiger partial charge on any atom is 0.271 e. The number of nitrogens with two attached hydrogens (primary N) is 1. The third-order valence-corrected chi connectivity index (χ3v) is 3.41. The normalized spacial score (nSPS) is 10.7. The lowest BCUT2D eigenvalue weighted by Gasteiger charge is -2.10. The molecule has 0 aliphatic rings. The predicted octanol–water partition coefficient (Wildman–Crippen LogP) is 2.57. The number of hydrogen-bond acceptors (Lipinski definition) is 4. The first-order chi connectivity index (χ1) is 12.0. The molecule has 1 aromatic heterocycles. The minimum atomic E-state index is -1.57. The Morgan fingerprint density at radius 1 is 1.12 bits per heavy atom. The van der Waals surface area contributed by atoms with Crippen molar-refractivity contribution in [2.45, 2.75) is 6.61 Å². The summed E-state index contributed by atoms with van der Waals surface area (Å²) in [5.41, 5.74) is 6.49. The van der Waals surface area contributed by atoms with E-state index in [2.05, 4.69) is 15.4 Å². The van der Waals surface area contributed by atoms with Crippen molar-refractivity contribution in [3.8, 4) is 17.0 Å². The molecular formula is C16H11F3N4O2. The molecule has 0 spiro atoms. The molecule has 0 saturated carbocycles. The molecule has 128 valence electrons. The number of nitrogens with zero attached hydrogens (tertiary/aromatic N) is 2. The second-order valence-corrected chi connectivity index (χ2v) is 5.03. The molecule has 9 heteroatoms. The molecule has 0 aliphatic carbocycles. The average Bonchev–Trinajstić information content (AvgIpc) is 3.07. The van der Waals surface area contributed by atoms with Gasteiger partial charge in [-0.15, -0.1) is 0 Å². The van der Waals surface area contributed by atoms with E-state index in [1.807, 2.05) is 0 Å². The minimum Gasteiger partial charge on any atom is -0.489 e. The highest BCUT2D eigenvalue weighted by Gasteiger charge is 2.18. The van der Waals surface area contributed by atoms with E-state index in [-0.39, 0.29) is 23.7 Å². The summed E-state index contributed by atoms with van der Waals surface area (Å²) in [4.78, 5) is 11.4. The van der Waals surface area contributed by atoms with Crippen LogP contribution < -0.4 is 10.5 Å². The van der Waals surface area contributed by atoms with E-state index in [1.54, 1.807) is 24.3 Å². The predicted molar refractivity (Wildman–Crippen MR) is 81.0 cm³/mol. The number of nitrogens with one attached hydrogen (secondary N) is 1. The second-order valence-electron chi connectivity index (χ2n) is 5.03. The van der Waals surface area contributed by atoms with Gasteiger partial charge in [0.2, 0.25) is 0 Å². The highest BCUT2D eigenvalue weighted by atomic mass is 19.2. The molecule has 3 aromatic rings. The monoisotopic (exact) mass is 348 g/mol. The number of carbonyl (C=O) groups excluding carboxylic acids is 1. The van der Waals surface area contributed by atoms with E-state index >= 15 is 0 Å². The molecule has 1 heterocycles. The molecule has 0 bridgehead atoms. The van der Waals surface area contributed by atoms with Gasteiger partial charge in [0.15, 0.2) is 23.1 Å². The van der Waals surface area contributed by atoms with Crippen LogP contribution in [0.1, 0.15) is 16.1 Å². The molecular weight excluding hydrogens is 337 g/mol. The Hall–Kier alpha value is -3.36. The number of carbonyl (C=O) groups is 1. The van der Waals surface area contributed by atoms with Crippen LogP contribution in [0.25, 0.3) is 11.3 Å². The van der Waals surface area contributed by atoms with Gasteiger partial charge in [-0.25, -0.2) is 13.2 Å². The maximum absolute atomic E-state index is 13.2. The van der Waals surface area contributed by atoms with Crippen molar-refractivity contribution < 1.29 is 22.7 Å². The van der Waals surface area contributed by atoms with Crippen LogP contribution in [0.3, 0.4) is 0 Å². The van der Waals surface area contributed by atoms with Crippen molar-refractivity contribution in [1.82, 2.24) is 15.4 Å². The zero-order chi connectivity index (χ0) is 18.0. The van der Waals surface area contributed by atoms with Gasteiger partial charge in [0, 0.05) is 17.7 Å². The van der Waals surface area contributed by atoms with Crippen molar-refractivity contribution in [3.05, 3.63) is 65.1 Å². The summed E-state index contributed by atoms with van der Waals surface area (Å²) in [6.45, 7) is -0.105. The third-order valence-electron chi connectivity index (χ3n) is 3.41. The number of aromatic amines is 1. The molecule has 25 heavy (non-hydrogen) atoms. The van der Waals surface area contributed by atoms with Crippen molar-refractivity contribution in [1.29, 1.82) is 0 Å². The van der Waals surface area contributed by atoms with Gasteiger partial charge in [-0.05, 0) is 5.56 Å². The number of primary amides is 1. The molecule has 0 fully saturated rings.